The molecule has 0 bridgehead atoms. The summed E-state index contributed by atoms with van der Waals surface area (Å²) < 4.78 is 0. The molecule has 0 amide bonds. The van der Waals surface area contributed by atoms with Crippen molar-refractivity contribution in [2.24, 2.45) is 34.4 Å². The largest absolute Gasteiger partial charge is 0.508 e. The second-order valence-electron chi connectivity index (χ2n) is 8.27. The van der Waals surface area contributed by atoms with E-state index in [4.69, 9.17) is 65.0 Å². The highest BCUT2D eigenvalue weighted by molar-refractivity contribution is 5.75. The van der Waals surface area contributed by atoms with Crippen molar-refractivity contribution < 1.29 is 44.7 Å². The molecule has 1 aromatic rings. The van der Waals surface area contributed by atoms with Gasteiger partial charge in [0.1, 0.15) is 23.9 Å². The fourth-order valence-electron chi connectivity index (χ4n) is 2.31. The molecule has 0 saturated carbocycles. The number of carboxylic acids is 4. The second kappa shape index (κ2) is 25.3. The van der Waals surface area contributed by atoms with Gasteiger partial charge in [-0.2, -0.15) is 0 Å². The van der Waals surface area contributed by atoms with Crippen molar-refractivity contribution in [2.45, 2.75) is 50.2 Å². The molecule has 0 saturated heterocycles. The molecule has 0 spiro atoms. The summed E-state index contributed by atoms with van der Waals surface area (Å²) in [4.78, 5) is 40.1. The van der Waals surface area contributed by atoms with Crippen LogP contribution in [0.2, 0.25) is 0 Å². The topological polar surface area (TPSA) is 397 Å². The molecule has 21 N–H and O–H groups in total. The SMILES string of the molecule is N=C(N)NCCCC(N)C(=O)O.N=C(N)NCCCC(N)C(=O)O.NC(Cc1ccc(O)cc1)C(=O)O.NCC(=O)O. The first kappa shape index (κ1) is 41.8. The van der Waals surface area contributed by atoms with Crippen LogP contribution in [0.4, 0.5) is 0 Å². The summed E-state index contributed by atoms with van der Waals surface area (Å²) in [7, 11) is 0. The number of guanidine groups is 2. The zero-order chi connectivity index (χ0) is 33.3. The third-order valence-corrected chi connectivity index (χ3v) is 4.53. The number of aliphatic carboxylic acids is 4. The van der Waals surface area contributed by atoms with E-state index in [1.165, 1.54) is 12.1 Å². The maximum Gasteiger partial charge on any atom is 0.320 e. The number of hydrogen-bond acceptors (Lipinski definition) is 11. The standard InChI is InChI=1S/C9H11NO3.2C6H14N4O2.C2H5NO2/c10-8(9(12)13)5-6-1-3-7(11)4-2-6;2*7-4(5(11)12)2-1-3-10-6(8)9;3-1-2(4)5/h1-4,8,11H,5,10H2,(H,12,13);2*4H,1-3,7H2,(H,11,12)(H4,8,9,10);1,3H2,(H,4,5). The fraction of sp³-hybridized carbons (Fsp3) is 0.478. The maximum absolute atomic E-state index is 10.4. The average molecular weight is 605 g/mol. The number of carboxylic acid groups (broad SMARTS) is 4. The molecule has 3 atom stereocenters. The summed E-state index contributed by atoms with van der Waals surface area (Å²) in [5.41, 5.74) is 31.1. The lowest BCUT2D eigenvalue weighted by Crippen LogP contribution is -2.34. The van der Waals surface area contributed by atoms with Crippen LogP contribution in [0.5, 0.6) is 5.75 Å². The third-order valence-electron chi connectivity index (χ3n) is 4.53. The van der Waals surface area contributed by atoms with Crippen molar-refractivity contribution in [1.29, 1.82) is 10.8 Å². The van der Waals surface area contributed by atoms with E-state index >= 15 is 0 Å². The fourth-order valence-corrected chi connectivity index (χ4v) is 2.31. The third kappa shape index (κ3) is 29.8. The number of phenols is 1. The molecule has 0 aliphatic heterocycles. The van der Waals surface area contributed by atoms with Crippen molar-refractivity contribution in [1.82, 2.24) is 10.6 Å². The lowest BCUT2D eigenvalue weighted by Gasteiger charge is -2.06. The summed E-state index contributed by atoms with van der Waals surface area (Å²) in [5, 5.41) is 60.5. The highest BCUT2D eigenvalue weighted by atomic mass is 16.4. The van der Waals surface area contributed by atoms with Gasteiger partial charge in [-0.1, -0.05) is 12.1 Å². The first-order valence-electron chi connectivity index (χ1n) is 12.2. The molecule has 0 aromatic heterocycles. The van der Waals surface area contributed by atoms with Crippen LogP contribution in [0.15, 0.2) is 24.3 Å². The van der Waals surface area contributed by atoms with Crippen LogP contribution >= 0.6 is 0 Å². The van der Waals surface area contributed by atoms with Gasteiger partial charge in [-0.15, -0.1) is 0 Å². The number of carbonyl (C=O) groups is 4. The zero-order valence-electron chi connectivity index (χ0n) is 23.0. The Morgan fingerprint density at radius 1 is 0.714 bits per heavy atom. The Bertz CT molecular complexity index is 927. The minimum atomic E-state index is -1.02. The molecule has 3 unspecified atom stereocenters. The van der Waals surface area contributed by atoms with Gasteiger partial charge in [-0.05, 0) is 49.8 Å². The van der Waals surface area contributed by atoms with Crippen LogP contribution < -0.4 is 45.0 Å². The Morgan fingerprint density at radius 3 is 1.31 bits per heavy atom. The van der Waals surface area contributed by atoms with E-state index < -0.39 is 42.0 Å². The highest BCUT2D eigenvalue weighted by Crippen LogP contribution is 2.10. The molecule has 42 heavy (non-hydrogen) atoms. The highest BCUT2D eigenvalue weighted by Gasteiger charge is 2.12. The van der Waals surface area contributed by atoms with Crippen molar-refractivity contribution in [3.8, 4) is 5.75 Å². The van der Waals surface area contributed by atoms with Gasteiger partial charge in [-0.25, -0.2) is 0 Å². The predicted octanol–water partition coefficient (Wildman–Crippen LogP) is -3.30. The van der Waals surface area contributed by atoms with E-state index in [1.807, 2.05) is 0 Å². The maximum atomic E-state index is 10.4. The number of aromatic hydroxyl groups is 1. The minimum Gasteiger partial charge on any atom is -0.508 e. The number of rotatable bonds is 14. The Kier molecular flexibility index (Phi) is 25.1. The Hall–Kier alpha value is -4.72. The lowest BCUT2D eigenvalue weighted by atomic mass is 10.1. The van der Waals surface area contributed by atoms with Crippen LogP contribution in [-0.2, 0) is 25.6 Å². The van der Waals surface area contributed by atoms with Gasteiger partial charge in [0.15, 0.2) is 11.9 Å². The molecule has 0 aliphatic rings. The summed E-state index contributed by atoms with van der Waals surface area (Å²) in [6.45, 7) is 0.687. The van der Waals surface area contributed by atoms with Crippen molar-refractivity contribution in [3.05, 3.63) is 29.8 Å². The zero-order valence-corrected chi connectivity index (χ0v) is 23.0. The van der Waals surface area contributed by atoms with E-state index in [2.05, 4.69) is 16.4 Å². The molecular formula is C23H44N10O9. The minimum absolute atomic E-state index is 0.112. The second-order valence-corrected chi connectivity index (χ2v) is 8.27. The number of hydrogen-bond donors (Lipinski definition) is 15. The van der Waals surface area contributed by atoms with Gasteiger partial charge in [0.05, 0.1) is 6.54 Å². The number of benzene rings is 1. The van der Waals surface area contributed by atoms with Crippen LogP contribution in [0.25, 0.3) is 0 Å². The Balaban J connectivity index is -0.000000503. The molecule has 0 fully saturated rings. The van der Waals surface area contributed by atoms with E-state index in [0.29, 0.717) is 38.8 Å². The molecule has 0 radical (unpaired) electrons. The molecule has 19 nitrogen and oxygen atoms in total. The normalized spacial score (nSPS) is 11.6. The quantitative estimate of drug-likeness (QED) is 0.0561. The van der Waals surface area contributed by atoms with E-state index in [1.54, 1.807) is 12.1 Å². The van der Waals surface area contributed by atoms with Crippen LogP contribution in [0, 0.1) is 10.8 Å². The number of nitrogens with one attached hydrogen (secondary N) is 4. The van der Waals surface area contributed by atoms with E-state index in [-0.39, 0.29) is 30.6 Å². The Morgan fingerprint density at radius 2 is 1.05 bits per heavy atom. The molecule has 0 aliphatic carbocycles. The van der Waals surface area contributed by atoms with Gasteiger partial charge >= 0.3 is 23.9 Å². The van der Waals surface area contributed by atoms with Gasteiger partial charge < -0.3 is 70.6 Å². The molecule has 240 valence electrons. The monoisotopic (exact) mass is 604 g/mol. The summed E-state index contributed by atoms with van der Waals surface area (Å²) >= 11 is 0. The van der Waals surface area contributed by atoms with Crippen molar-refractivity contribution >= 4 is 35.8 Å². The summed E-state index contributed by atoms with van der Waals surface area (Å²) in [6.07, 6.45) is 2.22. The van der Waals surface area contributed by atoms with Gasteiger partial charge in [0.2, 0.25) is 0 Å². The first-order valence-corrected chi connectivity index (χ1v) is 12.2. The molecule has 0 heterocycles. The molecule has 1 rings (SSSR count). The van der Waals surface area contributed by atoms with Crippen LogP contribution in [0.1, 0.15) is 31.2 Å². The molecular weight excluding hydrogens is 560 g/mol. The Labute approximate surface area is 242 Å². The lowest BCUT2D eigenvalue weighted by molar-refractivity contribution is -0.139. The first-order chi connectivity index (χ1) is 19.4. The molecule has 19 heteroatoms. The van der Waals surface area contributed by atoms with Gasteiger partial charge in [0, 0.05) is 13.1 Å². The van der Waals surface area contributed by atoms with E-state index in [9.17, 15) is 19.2 Å². The average Bonchev–Trinajstić information content (AvgIpc) is 2.90. The predicted molar refractivity (Wildman–Crippen MR) is 154 cm³/mol. The summed E-state index contributed by atoms with van der Waals surface area (Å²) in [6, 6.07) is 3.78. The van der Waals surface area contributed by atoms with Crippen molar-refractivity contribution in [2.75, 3.05) is 19.6 Å². The molecule has 1 aromatic carbocycles. The van der Waals surface area contributed by atoms with Gasteiger partial charge in [-0.3, -0.25) is 30.0 Å². The van der Waals surface area contributed by atoms with Crippen LogP contribution in [0.3, 0.4) is 0 Å². The number of phenolic OH excluding ortho intramolecular Hbond substituents is 1. The smallest absolute Gasteiger partial charge is 0.320 e. The van der Waals surface area contributed by atoms with Gasteiger partial charge in [0.25, 0.3) is 0 Å². The van der Waals surface area contributed by atoms with E-state index in [0.717, 1.165) is 5.56 Å². The van der Waals surface area contributed by atoms with Crippen LogP contribution in [-0.4, -0.2) is 99.1 Å². The number of nitrogens with two attached hydrogens (primary N) is 6. The summed E-state index contributed by atoms with van der Waals surface area (Å²) in [5.74, 6) is -4.06. The van der Waals surface area contributed by atoms with Crippen molar-refractivity contribution in [3.63, 3.8) is 0 Å².